The first-order valence-electron chi connectivity index (χ1n) is 8.96. The number of benzene rings is 1. The van der Waals surface area contributed by atoms with Crippen molar-refractivity contribution in [1.82, 2.24) is 29.7 Å². The highest BCUT2D eigenvalue weighted by Crippen LogP contribution is 2.26. The van der Waals surface area contributed by atoms with Crippen molar-refractivity contribution in [3.63, 3.8) is 0 Å². The smallest absolute Gasteiger partial charge is 0.345 e. The molecule has 0 saturated carbocycles. The van der Waals surface area contributed by atoms with Crippen LogP contribution in [0.4, 0.5) is 0 Å². The van der Waals surface area contributed by atoms with E-state index in [-0.39, 0.29) is 22.9 Å². The van der Waals surface area contributed by atoms with Crippen LogP contribution in [0, 0.1) is 0 Å². The average molecular weight is 422 g/mol. The van der Waals surface area contributed by atoms with Crippen molar-refractivity contribution < 1.29 is 14.6 Å². The number of ether oxygens (including phenoxy) is 1. The largest absolute Gasteiger partial charge is 0.510 e. The van der Waals surface area contributed by atoms with Gasteiger partial charge in [0, 0.05) is 25.0 Å². The summed E-state index contributed by atoms with van der Waals surface area (Å²) in [4.78, 5) is 23.9. The summed E-state index contributed by atoms with van der Waals surface area (Å²) in [5, 5.41) is 19.6. The van der Waals surface area contributed by atoms with Crippen LogP contribution in [0.15, 0.2) is 59.7 Å². The van der Waals surface area contributed by atoms with Crippen molar-refractivity contribution in [2.24, 2.45) is 7.05 Å². The summed E-state index contributed by atoms with van der Waals surface area (Å²) < 4.78 is 6.66. The third-order valence-electron chi connectivity index (χ3n) is 4.40. The Kier molecular flexibility index (Phi) is 5.48. The standard InChI is InChI=1S/C20H18N6O3S/c1-26-18(12-6-5-9-21-10-12)24-25-20(26)30-11-15(27)16(19(28)29-2)17-22-13-7-3-4-8-14(13)23-17/h3-10,27H,11H2,1-2H3,(H,22,23). The van der Waals surface area contributed by atoms with Crippen molar-refractivity contribution in [3.8, 4) is 11.4 Å². The van der Waals surface area contributed by atoms with E-state index in [2.05, 4.69) is 25.1 Å². The number of hydrogen-bond acceptors (Lipinski definition) is 8. The maximum Gasteiger partial charge on any atom is 0.345 e. The molecule has 3 aromatic heterocycles. The fraction of sp³-hybridized carbons (Fsp3) is 0.150. The highest BCUT2D eigenvalue weighted by molar-refractivity contribution is 7.99. The Bertz CT molecular complexity index is 1200. The predicted octanol–water partition coefficient (Wildman–Crippen LogP) is 2.99. The summed E-state index contributed by atoms with van der Waals surface area (Å²) in [7, 11) is 3.08. The Balaban J connectivity index is 1.62. The number of methoxy groups -OCH3 is 1. The van der Waals surface area contributed by atoms with Crippen LogP contribution in [0.5, 0.6) is 0 Å². The first-order chi connectivity index (χ1) is 14.6. The van der Waals surface area contributed by atoms with Crippen LogP contribution in [-0.4, -0.2) is 53.7 Å². The number of pyridine rings is 1. The number of carbonyl (C=O) groups is 1. The van der Waals surface area contributed by atoms with Crippen LogP contribution < -0.4 is 0 Å². The number of fused-ring (bicyclic) bond motifs is 1. The van der Waals surface area contributed by atoms with Gasteiger partial charge in [-0.25, -0.2) is 9.78 Å². The zero-order valence-corrected chi connectivity index (χ0v) is 17.1. The molecule has 0 bridgehead atoms. The van der Waals surface area contributed by atoms with Gasteiger partial charge in [-0.3, -0.25) is 4.98 Å². The van der Waals surface area contributed by atoms with Crippen LogP contribution in [0.1, 0.15) is 5.82 Å². The molecule has 0 aliphatic heterocycles. The number of nitrogens with one attached hydrogen (secondary N) is 1. The lowest BCUT2D eigenvalue weighted by molar-refractivity contribution is -0.133. The maximum absolute atomic E-state index is 12.3. The van der Waals surface area contributed by atoms with Gasteiger partial charge in [-0.05, 0) is 24.3 Å². The van der Waals surface area contributed by atoms with E-state index in [0.29, 0.717) is 16.5 Å². The lowest BCUT2D eigenvalue weighted by atomic mass is 10.2. The van der Waals surface area contributed by atoms with Crippen LogP contribution in [0.3, 0.4) is 0 Å². The van der Waals surface area contributed by atoms with Gasteiger partial charge in [0.2, 0.25) is 0 Å². The molecule has 4 rings (SSSR count). The molecule has 0 amide bonds. The van der Waals surface area contributed by atoms with E-state index in [0.717, 1.165) is 11.1 Å². The van der Waals surface area contributed by atoms with Crippen molar-refractivity contribution in [1.29, 1.82) is 0 Å². The van der Waals surface area contributed by atoms with Gasteiger partial charge in [0.25, 0.3) is 0 Å². The van der Waals surface area contributed by atoms with E-state index >= 15 is 0 Å². The SMILES string of the molecule is COC(=O)C(=C(O)CSc1nnc(-c2cccnc2)n1C)c1nc2ccccc2[nH]1. The minimum atomic E-state index is -0.679. The summed E-state index contributed by atoms with van der Waals surface area (Å²) in [5.74, 6) is 0.133. The highest BCUT2D eigenvalue weighted by atomic mass is 32.2. The zero-order valence-electron chi connectivity index (χ0n) is 16.2. The fourth-order valence-corrected chi connectivity index (χ4v) is 3.71. The molecule has 1 aromatic carbocycles. The summed E-state index contributed by atoms with van der Waals surface area (Å²) in [6, 6.07) is 11.1. The number of rotatable bonds is 6. The Morgan fingerprint density at radius 1 is 1.23 bits per heavy atom. The van der Waals surface area contributed by atoms with Gasteiger partial charge in [-0.1, -0.05) is 23.9 Å². The lowest BCUT2D eigenvalue weighted by Gasteiger charge is -2.07. The molecule has 4 aromatic rings. The maximum atomic E-state index is 12.3. The van der Waals surface area contributed by atoms with Gasteiger partial charge < -0.3 is 19.4 Å². The molecule has 0 spiro atoms. The number of aromatic amines is 1. The molecule has 9 nitrogen and oxygen atoms in total. The Labute approximate surface area is 175 Å². The molecule has 0 radical (unpaired) electrons. The normalized spacial score (nSPS) is 12.1. The molecular weight excluding hydrogens is 404 g/mol. The number of aromatic nitrogens is 6. The van der Waals surface area contributed by atoms with Crippen LogP contribution in [0.25, 0.3) is 28.0 Å². The summed E-state index contributed by atoms with van der Waals surface area (Å²) in [5.41, 5.74) is 2.25. The highest BCUT2D eigenvalue weighted by Gasteiger charge is 2.23. The van der Waals surface area contributed by atoms with E-state index in [1.165, 1.54) is 18.9 Å². The second-order valence-electron chi connectivity index (χ2n) is 6.31. The van der Waals surface area contributed by atoms with Gasteiger partial charge in [-0.15, -0.1) is 10.2 Å². The number of nitrogens with zero attached hydrogens (tertiary/aromatic N) is 5. The number of aliphatic hydroxyl groups is 1. The zero-order chi connectivity index (χ0) is 21.1. The molecule has 30 heavy (non-hydrogen) atoms. The van der Waals surface area contributed by atoms with E-state index in [9.17, 15) is 9.90 Å². The molecule has 10 heteroatoms. The molecule has 0 aliphatic rings. The first-order valence-corrected chi connectivity index (χ1v) is 9.95. The third kappa shape index (κ3) is 3.77. The monoisotopic (exact) mass is 422 g/mol. The number of para-hydroxylation sites is 2. The van der Waals surface area contributed by atoms with Gasteiger partial charge in [-0.2, -0.15) is 0 Å². The number of imidazole rings is 1. The Morgan fingerprint density at radius 3 is 2.80 bits per heavy atom. The number of thioether (sulfide) groups is 1. The summed E-state index contributed by atoms with van der Waals surface area (Å²) in [6.07, 6.45) is 3.39. The van der Waals surface area contributed by atoms with E-state index in [4.69, 9.17) is 4.74 Å². The molecule has 2 N–H and O–H groups in total. The molecule has 0 atom stereocenters. The second kappa shape index (κ2) is 8.37. The van der Waals surface area contributed by atoms with E-state index in [1.54, 1.807) is 17.0 Å². The quantitative estimate of drug-likeness (QED) is 0.211. The summed E-state index contributed by atoms with van der Waals surface area (Å²) in [6.45, 7) is 0. The van der Waals surface area contributed by atoms with Crippen molar-refractivity contribution >= 4 is 34.3 Å². The van der Waals surface area contributed by atoms with Gasteiger partial charge >= 0.3 is 5.97 Å². The number of aliphatic hydroxyl groups excluding tert-OH is 1. The minimum Gasteiger partial charge on any atom is -0.510 e. The van der Waals surface area contributed by atoms with E-state index < -0.39 is 5.97 Å². The van der Waals surface area contributed by atoms with Crippen LogP contribution in [0.2, 0.25) is 0 Å². The Morgan fingerprint density at radius 2 is 2.07 bits per heavy atom. The van der Waals surface area contributed by atoms with Crippen LogP contribution >= 0.6 is 11.8 Å². The molecule has 0 unspecified atom stereocenters. The average Bonchev–Trinajstić information content (AvgIpc) is 3.36. The molecule has 0 aliphatic carbocycles. The first kappa shape index (κ1) is 19.6. The van der Waals surface area contributed by atoms with Crippen LogP contribution in [-0.2, 0) is 16.6 Å². The molecular formula is C20H18N6O3S. The molecule has 3 heterocycles. The molecule has 152 valence electrons. The fourth-order valence-electron chi connectivity index (χ4n) is 2.92. The minimum absolute atomic E-state index is 0.0177. The second-order valence-corrected chi connectivity index (χ2v) is 7.25. The van der Waals surface area contributed by atoms with Gasteiger partial charge in [0.05, 0.1) is 23.9 Å². The van der Waals surface area contributed by atoms with Gasteiger partial charge in [0.1, 0.15) is 17.2 Å². The Hall–Kier alpha value is -3.66. The predicted molar refractivity (Wildman–Crippen MR) is 113 cm³/mol. The number of carbonyl (C=O) groups excluding carboxylic acids is 1. The number of H-pyrrole nitrogens is 1. The van der Waals surface area contributed by atoms with Gasteiger partial charge in [0.15, 0.2) is 11.0 Å². The molecule has 0 saturated heterocycles. The van der Waals surface area contributed by atoms with Crippen molar-refractivity contribution in [3.05, 3.63) is 60.4 Å². The number of hydrogen-bond donors (Lipinski definition) is 2. The number of esters is 1. The topological polar surface area (TPSA) is 119 Å². The van der Waals surface area contributed by atoms with Crippen molar-refractivity contribution in [2.75, 3.05) is 12.9 Å². The lowest BCUT2D eigenvalue weighted by Crippen LogP contribution is -2.10. The van der Waals surface area contributed by atoms with E-state index in [1.807, 2.05) is 43.4 Å². The summed E-state index contributed by atoms with van der Waals surface area (Å²) >= 11 is 1.24. The molecule has 0 fully saturated rings. The third-order valence-corrected chi connectivity index (χ3v) is 5.43. The van der Waals surface area contributed by atoms with Crippen molar-refractivity contribution in [2.45, 2.75) is 5.16 Å².